The van der Waals surface area contributed by atoms with Crippen molar-refractivity contribution in [1.82, 2.24) is 24.6 Å². The summed E-state index contributed by atoms with van der Waals surface area (Å²) in [5.41, 5.74) is 4.11. The van der Waals surface area contributed by atoms with Gasteiger partial charge in [0.25, 0.3) is 0 Å². The molecule has 39 heavy (non-hydrogen) atoms. The first-order valence-electron chi connectivity index (χ1n) is 12.4. The molecule has 0 aliphatic carbocycles. The predicted molar refractivity (Wildman–Crippen MR) is 150 cm³/mol. The molecule has 0 saturated carbocycles. The topological polar surface area (TPSA) is 88.1 Å². The van der Waals surface area contributed by atoms with E-state index < -0.39 is 15.8 Å². The molecule has 1 aliphatic heterocycles. The van der Waals surface area contributed by atoms with Crippen molar-refractivity contribution in [3.05, 3.63) is 96.2 Å². The van der Waals surface area contributed by atoms with Crippen molar-refractivity contribution < 1.29 is 12.8 Å². The van der Waals surface area contributed by atoms with Crippen LogP contribution < -0.4 is 5.32 Å². The highest BCUT2D eigenvalue weighted by Crippen LogP contribution is 2.35. The Hall–Kier alpha value is -3.76. The highest BCUT2D eigenvalue weighted by atomic mass is 35.5. The number of halogens is 2. The van der Waals surface area contributed by atoms with Gasteiger partial charge in [-0.2, -0.15) is 4.31 Å². The molecule has 2 aromatic carbocycles. The van der Waals surface area contributed by atoms with E-state index in [1.165, 1.54) is 22.5 Å². The van der Waals surface area contributed by atoms with Gasteiger partial charge < -0.3 is 5.32 Å². The fourth-order valence-corrected chi connectivity index (χ4v) is 6.40. The Morgan fingerprint density at radius 1 is 0.872 bits per heavy atom. The number of piperazine rings is 1. The van der Waals surface area contributed by atoms with E-state index in [0.29, 0.717) is 42.5 Å². The number of hydrogen-bond donors (Lipinski definition) is 1. The maximum Gasteiger partial charge on any atom is 0.243 e. The Kier molecular flexibility index (Phi) is 6.82. The van der Waals surface area contributed by atoms with Gasteiger partial charge in [-0.15, -0.1) is 0 Å². The summed E-state index contributed by atoms with van der Waals surface area (Å²) in [6.07, 6.45) is 5.04. The maximum absolute atomic E-state index is 14.8. The molecule has 1 N–H and O–H groups in total. The molecule has 0 radical (unpaired) electrons. The van der Waals surface area contributed by atoms with Gasteiger partial charge in [0.15, 0.2) is 5.65 Å². The fraction of sp³-hybridized carbons (Fsp3) is 0.138. The van der Waals surface area contributed by atoms with E-state index in [1.54, 1.807) is 42.9 Å². The van der Waals surface area contributed by atoms with Crippen molar-refractivity contribution >= 4 is 32.7 Å². The summed E-state index contributed by atoms with van der Waals surface area (Å²) < 4.78 is 42.8. The van der Waals surface area contributed by atoms with Crippen molar-refractivity contribution in [3.63, 3.8) is 0 Å². The van der Waals surface area contributed by atoms with Crippen molar-refractivity contribution in [2.75, 3.05) is 26.2 Å². The van der Waals surface area contributed by atoms with Crippen LogP contribution >= 0.6 is 11.6 Å². The summed E-state index contributed by atoms with van der Waals surface area (Å²) >= 11 is 6.16. The summed E-state index contributed by atoms with van der Waals surface area (Å²) in [7, 11) is -3.62. The first kappa shape index (κ1) is 25.5. The van der Waals surface area contributed by atoms with Crippen molar-refractivity contribution in [1.29, 1.82) is 0 Å². The number of sulfonamides is 1. The second kappa shape index (κ2) is 10.4. The molecule has 0 unspecified atom stereocenters. The molecule has 0 atom stereocenters. The van der Waals surface area contributed by atoms with Crippen LogP contribution in [0.15, 0.2) is 90.2 Å². The van der Waals surface area contributed by atoms with Crippen LogP contribution in [0.3, 0.4) is 0 Å². The number of hydrogen-bond acceptors (Lipinski definition) is 6. The number of nitrogens with one attached hydrogen (secondary N) is 1. The standard InChI is InChI=1S/C29H23ClFN5O2S/c30-22-6-7-27(31)26(15-22)28-16-25(24-5-2-8-34-29(24)35-28)21-13-20(17-33-18-21)19-3-1-4-23(14-19)39(37,38)36-11-9-32-10-12-36/h1-8,13-18,32H,9-12H2. The van der Waals surface area contributed by atoms with Crippen LogP contribution in [-0.4, -0.2) is 53.9 Å². The second-order valence-electron chi connectivity index (χ2n) is 9.20. The van der Waals surface area contributed by atoms with E-state index in [9.17, 15) is 12.8 Å². The summed E-state index contributed by atoms with van der Waals surface area (Å²) in [5, 5.41) is 4.35. The first-order chi connectivity index (χ1) is 18.9. The zero-order valence-electron chi connectivity index (χ0n) is 20.7. The Labute approximate surface area is 230 Å². The Balaban J connectivity index is 1.45. The fourth-order valence-electron chi connectivity index (χ4n) is 4.74. The quantitative estimate of drug-likeness (QED) is 0.310. The lowest BCUT2D eigenvalue weighted by molar-refractivity contribution is 0.360. The molecule has 10 heteroatoms. The largest absolute Gasteiger partial charge is 0.314 e. The molecular weight excluding hydrogens is 537 g/mol. The van der Waals surface area contributed by atoms with Crippen LogP contribution in [0.4, 0.5) is 4.39 Å². The maximum atomic E-state index is 14.8. The van der Waals surface area contributed by atoms with E-state index in [1.807, 2.05) is 24.3 Å². The molecule has 1 fully saturated rings. The number of aromatic nitrogens is 3. The lowest BCUT2D eigenvalue weighted by atomic mass is 9.98. The van der Waals surface area contributed by atoms with Gasteiger partial charge in [0.1, 0.15) is 5.82 Å². The minimum Gasteiger partial charge on any atom is -0.314 e. The van der Waals surface area contributed by atoms with Crippen LogP contribution in [0, 0.1) is 5.82 Å². The predicted octanol–water partition coefficient (Wildman–Crippen LogP) is 5.41. The molecular formula is C29H23ClFN5O2S. The van der Waals surface area contributed by atoms with Crippen LogP contribution in [0.1, 0.15) is 0 Å². The van der Waals surface area contributed by atoms with Crippen molar-refractivity contribution in [2.45, 2.75) is 4.90 Å². The van der Waals surface area contributed by atoms with Gasteiger partial charge in [-0.3, -0.25) is 4.98 Å². The van der Waals surface area contributed by atoms with Gasteiger partial charge >= 0.3 is 0 Å². The van der Waals surface area contributed by atoms with Crippen LogP contribution in [-0.2, 0) is 10.0 Å². The molecule has 0 spiro atoms. The molecule has 0 bridgehead atoms. The SMILES string of the molecule is O=S(=O)(c1cccc(-c2cncc(-c3cc(-c4cc(Cl)ccc4F)nc4ncccc34)c2)c1)N1CCNCC1. The Morgan fingerprint density at radius 2 is 1.69 bits per heavy atom. The average Bonchev–Trinajstić information content (AvgIpc) is 2.98. The first-order valence-corrected chi connectivity index (χ1v) is 14.2. The van der Waals surface area contributed by atoms with E-state index in [-0.39, 0.29) is 10.5 Å². The van der Waals surface area contributed by atoms with E-state index in [4.69, 9.17) is 11.6 Å². The van der Waals surface area contributed by atoms with Gasteiger partial charge in [-0.05, 0) is 65.7 Å². The van der Waals surface area contributed by atoms with E-state index >= 15 is 0 Å². The molecule has 6 rings (SSSR count). The zero-order valence-corrected chi connectivity index (χ0v) is 22.3. The van der Waals surface area contributed by atoms with Gasteiger partial charge in [-0.1, -0.05) is 23.7 Å². The molecule has 1 aliphatic rings. The van der Waals surface area contributed by atoms with Crippen LogP contribution in [0.5, 0.6) is 0 Å². The van der Waals surface area contributed by atoms with E-state index in [0.717, 1.165) is 27.6 Å². The zero-order chi connectivity index (χ0) is 27.0. The normalized spacial score (nSPS) is 14.5. The monoisotopic (exact) mass is 559 g/mol. The van der Waals surface area contributed by atoms with Gasteiger partial charge in [0, 0.05) is 71.9 Å². The smallest absolute Gasteiger partial charge is 0.243 e. The summed E-state index contributed by atoms with van der Waals surface area (Å²) in [5.74, 6) is -0.442. The highest BCUT2D eigenvalue weighted by molar-refractivity contribution is 7.89. The molecule has 1 saturated heterocycles. The van der Waals surface area contributed by atoms with Crippen molar-refractivity contribution in [3.8, 4) is 33.5 Å². The lowest BCUT2D eigenvalue weighted by Crippen LogP contribution is -2.46. The third-order valence-corrected chi connectivity index (χ3v) is 8.85. The molecule has 5 aromatic rings. The minimum atomic E-state index is -3.62. The molecule has 3 aromatic heterocycles. The number of benzene rings is 2. The second-order valence-corrected chi connectivity index (χ2v) is 11.6. The number of pyridine rings is 3. The summed E-state index contributed by atoms with van der Waals surface area (Å²) in [6.45, 7) is 2.12. The molecule has 7 nitrogen and oxygen atoms in total. The van der Waals surface area contributed by atoms with Crippen LogP contribution in [0.2, 0.25) is 5.02 Å². The van der Waals surface area contributed by atoms with Gasteiger partial charge in [-0.25, -0.2) is 22.8 Å². The van der Waals surface area contributed by atoms with Crippen LogP contribution in [0.25, 0.3) is 44.5 Å². The molecule has 0 amide bonds. The average molecular weight is 560 g/mol. The molecule has 4 heterocycles. The number of rotatable bonds is 5. The molecule has 196 valence electrons. The summed E-state index contributed by atoms with van der Waals surface area (Å²) in [6, 6.07) is 18.7. The highest BCUT2D eigenvalue weighted by Gasteiger charge is 2.26. The third kappa shape index (κ3) is 5.02. The van der Waals surface area contributed by atoms with Crippen molar-refractivity contribution in [2.24, 2.45) is 0 Å². The Bertz CT molecular complexity index is 1810. The minimum absolute atomic E-state index is 0.240. The number of fused-ring (bicyclic) bond motifs is 1. The third-order valence-electron chi connectivity index (χ3n) is 6.72. The van der Waals surface area contributed by atoms with E-state index in [2.05, 4.69) is 20.3 Å². The van der Waals surface area contributed by atoms with Gasteiger partial charge in [0.2, 0.25) is 10.0 Å². The summed E-state index contributed by atoms with van der Waals surface area (Å²) in [4.78, 5) is 13.7. The van der Waals surface area contributed by atoms with Gasteiger partial charge in [0.05, 0.1) is 10.6 Å². The number of nitrogens with zero attached hydrogens (tertiary/aromatic N) is 4. The lowest BCUT2D eigenvalue weighted by Gasteiger charge is -2.26. The Morgan fingerprint density at radius 3 is 2.54 bits per heavy atom.